The van der Waals surface area contributed by atoms with Gasteiger partial charge < -0.3 is 25.2 Å². The third kappa shape index (κ3) is 10.6. The summed E-state index contributed by atoms with van der Waals surface area (Å²) in [5.74, 6) is -0.702. The zero-order valence-electron chi connectivity index (χ0n) is 13.9. The van der Waals surface area contributed by atoms with Crippen molar-refractivity contribution in [1.29, 1.82) is 0 Å². The quantitative estimate of drug-likeness (QED) is 0.248. The van der Waals surface area contributed by atoms with Crippen molar-refractivity contribution in [2.24, 2.45) is 0 Å². The summed E-state index contributed by atoms with van der Waals surface area (Å²) >= 11 is 0. The van der Waals surface area contributed by atoms with Crippen molar-refractivity contribution in [2.75, 3.05) is 19.8 Å². The van der Waals surface area contributed by atoms with Gasteiger partial charge in [0.15, 0.2) is 5.78 Å². The Kier molecular flexibility index (Phi) is 14.3. The van der Waals surface area contributed by atoms with Crippen molar-refractivity contribution < 1.29 is 30.0 Å². The molecule has 0 amide bonds. The molecule has 0 aliphatic heterocycles. The van der Waals surface area contributed by atoms with E-state index in [-0.39, 0.29) is 6.61 Å². The van der Waals surface area contributed by atoms with E-state index in [1.807, 2.05) is 6.08 Å². The Bertz CT molecular complexity index is 307. The molecule has 0 saturated heterocycles. The Hall–Kier alpha value is -0.790. The van der Waals surface area contributed by atoms with Crippen LogP contribution in [0.3, 0.4) is 0 Å². The average Bonchev–Trinajstić information content (AvgIpc) is 2.57. The Morgan fingerprint density at radius 3 is 2.09 bits per heavy atom. The SMILES string of the molecule is C=CCCCCCCCCCO[C@H](C(=O)CO)[C@H](O)[C@H](O)CO. The van der Waals surface area contributed by atoms with Gasteiger partial charge in [0.2, 0.25) is 0 Å². The van der Waals surface area contributed by atoms with Crippen molar-refractivity contribution in [2.45, 2.75) is 69.7 Å². The highest BCUT2D eigenvalue weighted by atomic mass is 16.5. The summed E-state index contributed by atoms with van der Waals surface area (Å²) in [7, 11) is 0. The smallest absolute Gasteiger partial charge is 0.189 e. The summed E-state index contributed by atoms with van der Waals surface area (Å²) < 4.78 is 5.30. The normalized spacial score (nSPS) is 15.1. The largest absolute Gasteiger partial charge is 0.394 e. The van der Waals surface area contributed by atoms with Crippen LogP contribution in [0.2, 0.25) is 0 Å². The monoisotopic (exact) mass is 332 g/mol. The third-order valence-electron chi connectivity index (χ3n) is 3.71. The number of unbranched alkanes of at least 4 members (excludes halogenated alkanes) is 7. The Morgan fingerprint density at radius 1 is 1.00 bits per heavy atom. The molecule has 0 aromatic heterocycles. The Balaban J connectivity index is 3.83. The first-order valence-corrected chi connectivity index (χ1v) is 8.41. The van der Waals surface area contributed by atoms with E-state index in [0.717, 1.165) is 32.1 Å². The van der Waals surface area contributed by atoms with Crippen LogP contribution in [0.4, 0.5) is 0 Å². The minimum Gasteiger partial charge on any atom is -0.394 e. The molecule has 0 saturated carbocycles. The number of hydrogen-bond donors (Lipinski definition) is 4. The van der Waals surface area contributed by atoms with Crippen molar-refractivity contribution in [3.8, 4) is 0 Å². The number of ether oxygens (including phenoxy) is 1. The van der Waals surface area contributed by atoms with Crippen LogP contribution in [0.1, 0.15) is 51.4 Å². The molecular weight excluding hydrogens is 300 g/mol. The molecule has 0 radical (unpaired) electrons. The summed E-state index contributed by atoms with van der Waals surface area (Å²) in [6.45, 7) is 2.51. The van der Waals surface area contributed by atoms with Gasteiger partial charge in [-0.3, -0.25) is 4.79 Å². The second-order valence-electron chi connectivity index (χ2n) is 5.71. The zero-order chi connectivity index (χ0) is 17.5. The van der Waals surface area contributed by atoms with Crippen molar-refractivity contribution in [3.63, 3.8) is 0 Å². The Morgan fingerprint density at radius 2 is 1.57 bits per heavy atom. The lowest BCUT2D eigenvalue weighted by molar-refractivity contribution is -0.150. The van der Waals surface area contributed by atoms with E-state index in [0.29, 0.717) is 0 Å². The highest BCUT2D eigenvalue weighted by Gasteiger charge is 2.31. The van der Waals surface area contributed by atoms with Crippen LogP contribution < -0.4 is 0 Å². The van der Waals surface area contributed by atoms with E-state index in [1.165, 1.54) is 19.3 Å². The van der Waals surface area contributed by atoms with E-state index in [9.17, 15) is 15.0 Å². The number of ketones is 1. The number of allylic oxidation sites excluding steroid dienone is 1. The molecule has 3 atom stereocenters. The predicted molar refractivity (Wildman–Crippen MR) is 88.1 cm³/mol. The van der Waals surface area contributed by atoms with Crippen molar-refractivity contribution >= 4 is 5.78 Å². The lowest BCUT2D eigenvalue weighted by Crippen LogP contribution is -2.46. The van der Waals surface area contributed by atoms with Gasteiger partial charge in [0.05, 0.1) is 6.61 Å². The van der Waals surface area contributed by atoms with E-state index in [2.05, 4.69) is 6.58 Å². The number of carbonyl (C=O) groups is 1. The summed E-state index contributed by atoms with van der Waals surface area (Å²) in [5.41, 5.74) is 0. The summed E-state index contributed by atoms with van der Waals surface area (Å²) in [5, 5.41) is 36.8. The minimum absolute atomic E-state index is 0.266. The van der Waals surface area contributed by atoms with Crippen LogP contribution in [0.5, 0.6) is 0 Å². The predicted octanol–water partition coefficient (Wildman–Crippen LogP) is 0.954. The topological polar surface area (TPSA) is 107 Å². The molecule has 23 heavy (non-hydrogen) atoms. The van der Waals surface area contributed by atoms with E-state index < -0.39 is 37.3 Å². The molecule has 0 aromatic carbocycles. The lowest BCUT2D eigenvalue weighted by Gasteiger charge is -2.24. The van der Waals surface area contributed by atoms with Gasteiger partial charge in [-0.25, -0.2) is 0 Å². The van der Waals surface area contributed by atoms with Crippen molar-refractivity contribution in [3.05, 3.63) is 12.7 Å². The standard InChI is InChI=1S/C17H32O6/c1-2-3-4-5-6-7-8-9-10-11-23-17(15(21)13-19)16(22)14(20)12-18/h2,14,16-20,22H,1,3-13H2/t14-,16-,17-/m1/s1. The fraction of sp³-hybridized carbons (Fsp3) is 0.824. The molecule has 4 N–H and O–H groups in total. The number of aliphatic hydroxyl groups is 4. The number of Topliss-reactive ketones (excluding diaryl/α,β-unsaturated/α-hetero) is 1. The van der Waals surface area contributed by atoms with E-state index in [4.69, 9.17) is 14.9 Å². The minimum atomic E-state index is -1.54. The van der Waals surface area contributed by atoms with Crippen LogP contribution in [0, 0.1) is 0 Å². The van der Waals surface area contributed by atoms with Crippen LogP contribution in [-0.4, -0.2) is 64.3 Å². The first-order chi connectivity index (χ1) is 11.1. The van der Waals surface area contributed by atoms with Gasteiger partial charge in [0, 0.05) is 6.61 Å². The van der Waals surface area contributed by atoms with Gasteiger partial charge in [0.1, 0.15) is 24.9 Å². The van der Waals surface area contributed by atoms with Crippen LogP contribution in [-0.2, 0) is 9.53 Å². The van der Waals surface area contributed by atoms with Crippen LogP contribution >= 0.6 is 0 Å². The molecule has 0 aliphatic carbocycles. The molecule has 6 nitrogen and oxygen atoms in total. The second-order valence-corrected chi connectivity index (χ2v) is 5.71. The van der Waals surface area contributed by atoms with Gasteiger partial charge in [-0.05, 0) is 19.3 Å². The molecule has 6 heteroatoms. The Labute approximate surface area is 138 Å². The molecular formula is C17H32O6. The first kappa shape index (κ1) is 22.2. The summed E-state index contributed by atoms with van der Waals surface area (Å²) in [4.78, 5) is 11.5. The zero-order valence-corrected chi connectivity index (χ0v) is 13.9. The molecule has 0 rings (SSSR count). The van der Waals surface area contributed by atoms with Gasteiger partial charge in [0.25, 0.3) is 0 Å². The molecule has 0 unspecified atom stereocenters. The number of rotatable bonds is 16. The van der Waals surface area contributed by atoms with E-state index >= 15 is 0 Å². The first-order valence-electron chi connectivity index (χ1n) is 8.41. The van der Waals surface area contributed by atoms with Gasteiger partial charge >= 0.3 is 0 Å². The third-order valence-corrected chi connectivity index (χ3v) is 3.71. The molecule has 0 fully saturated rings. The highest BCUT2D eigenvalue weighted by molar-refractivity contribution is 5.84. The molecule has 136 valence electrons. The summed E-state index contributed by atoms with van der Waals surface area (Å²) in [6.07, 6.45) is 6.21. The van der Waals surface area contributed by atoms with Crippen molar-refractivity contribution in [1.82, 2.24) is 0 Å². The molecule has 0 bridgehead atoms. The van der Waals surface area contributed by atoms with Gasteiger partial charge in [-0.2, -0.15) is 0 Å². The summed E-state index contributed by atoms with van der Waals surface area (Å²) in [6, 6.07) is 0. The average molecular weight is 332 g/mol. The molecule has 0 heterocycles. The van der Waals surface area contributed by atoms with Crippen LogP contribution in [0.25, 0.3) is 0 Å². The fourth-order valence-corrected chi connectivity index (χ4v) is 2.27. The fourth-order valence-electron chi connectivity index (χ4n) is 2.27. The maximum atomic E-state index is 11.5. The number of hydrogen-bond acceptors (Lipinski definition) is 6. The van der Waals surface area contributed by atoms with Crippen LogP contribution in [0.15, 0.2) is 12.7 Å². The molecule has 0 spiro atoms. The van der Waals surface area contributed by atoms with Gasteiger partial charge in [-0.1, -0.05) is 38.2 Å². The van der Waals surface area contributed by atoms with E-state index in [1.54, 1.807) is 0 Å². The molecule has 0 aromatic rings. The number of aliphatic hydroxyl groups excluding tert-OH is 4. The number of carbonyl (C=O) groups excluding carboxylic acids is 1. The second kappa shape index (κ2) is 14.8. The molecule has 0 aliphatic rings. The van der Waals surface area contributed by atoms with Gasteiger partial charge in [-0.15, -0.1) is 6.58 Å². The maximum absolute atomic E-state index is 11.5. The lowest BCUT2D eigenvalue weighted by atomic mass is 10.0. The maximum Gasteiger partial charge on any atom is 0.189 e. The highest BCUT2D eigenvalue weighted by Crippen LogP contribution is 2.11.